The predicted molar refractivity (Wildman–Crippen MR) is 99.5 cm³/mol. The Kier molecular flexibility index (Phi) is 4.97. The third-order valence-corrected chi connectivity index (χ3v) is 4.83. The molecule has 0 fully saturated rings. The molecule has 0 saturated carbocycles. The van der Waals surface area contributed by atoms with Crippen LogP contribution in [0.3, 0.4) is 0 Å². The lowest BCUT2D eigenvalue weighted by Gasteiger charge is -2.09. The molecule has 0 saturated heterocycles. The van der Waals surface area contributed by atoms with Crippen LogP contribution in [0.25, 0.3) is 10.8 Å². The molecule has 4 heteroatoms. The molecule has 0 unspecified atom stereocenters. The lowest BCUT2D eigenvalue weighted by Crippen LogP contribution is -2.13. The number of fused-ring (bicyclic) bond motifs is 1. The van der Waals surface area contributed by atoms with Gasteiger partial charge in [-0.3, -0.25) is 0 Å². The van der Waals surface area contributed by atoms with Gasteiger partial charge in [0, 0.05) is 19.3 Å². The van der Waals surface area contributed by atoms with Crippen LogP contribution in [0.2, 0.25) is 0 Å². The zero-order valence-electron chi connectivity index (χ0n) is 13.7. The number of benzene rings is 3. The van der Waals surface area contributed by atoms with Crippen LogP contribution in [-0.2, 0) is 28.7 Å². The molecule has 0 radical (unpaired) electrons. The molecule has 3 rings (SSSR count). The van der Waals surface area contributed by atoms with Crippen molar-refractivity contribution in [1.82, 2.24) is 5.32 Å². The van der Waals surface area contributed by atoms with Crippen LogP contribution in [0, 0.1) is 0 Å². The lowest BCUT2D eigenvalue weighted by atomic mass is 10.0. The molecule has 124 valence electrons. The summed E-state index contributed by atoms with van der Waals surface area (Å²) in [6.07, 6.45) is 1.26. The Morgan fingerprint density at radius 2 is 1.46 bits per heavy atom. The summed E-state index contributed by atoms with van der Waals surface area (Å²) >= 11 is 0. The Morgan fingerprint density at radius 1 is 0.792 bits per heavy atom. The summed E-state index contributed by atoms with van der Waals surface area (Å²) in [5.41, 5.74) is 3.25. The topological polar surface area (TPSA) is 46.2 Å². The Hall–Kier alpha value is -2.17. The zero-order valence-corrected chi connectivity index (χ0v) is 14.5. The first-order valence-corrected chi connectivity index (χ1v) is 10.0. The van der Waals surface area contributed by atoms with Crippen molar-refractivity contribution in [1.29, 1.82) is 0 Å². The van der Waals surface area contributed by atoms with E-state index < -0.39 is 9.84 Å². The number of hydrogen-bond donors (Lipinski definition) is 1. The van der Waals surface area contributed by atoms with E-state index in [1.165, 1.54) is 22.6 Å². The van der Waals surface area contributed by atoms with Crippen molar-refractivity contribution in [2.75, 3.05) is 6.26 Å². The van der Waals surface area contributed by atoms with Gasteiger partial charge in [0.15, 0.2) is 9.84 Å². The quantitative estimate of drug-likeness (QED) is 0.745. The predicted octanol–water partition coefficient (Wildman–Crippen LogP) is 3.67. The fourth-order valence-corrected chi connectivity index (χ4v) is 3.64. The van der Waals surface area contributed by atoms with Crippen molar-refractivity contribution in [2.45, 2.75) is 18.8 Å². The minimum absolute atomic E-state index is 0.0940. The minimum Gasteiger partial charge on any atom is -0.309 e. The third kappa shape index (κ3) is 4.43. The van der Waals surface area contributed by atoms with Gasteiger partial charge in [-0.2, -0.15) is 0 Å². The maximum Gasteiger partial charge on any atom is 0.151 e. The van der Waals surface area contributed by atoms with Crippen LogP contribution in [0.15, 0.2) is 66.7 Å². The fourth-order valence-electron chi connectivity index (χ4n) is 2.84. The first-order chi connectivity index (χ1) is 11.5. The number of sulfone groups is 1. The summed E-state index contributed by atoms with van der Waals surface area (Å²) in [4.78, 5) is 0. The molecule has 3 aromatic rings. The maximum atomic E-state index is 11.3. The van der Waals surface area contributed by atoms with Crippen LogP contribution >= 0.6 is 0 Å². The van der Waals surface area contributed by atoms with Crippen LogP contribution in [-0.4, -0.2) is 14.7 Å². The molecule has 0 amide bonds. The number of rotatable bonds is 6. The zero-order chi connectivity index (χ0) is 17.0. The molecule has 0 aromatic heterocycles. The van der Waals surface area contributed by atoms with Crippen molar-refractivity contribution in [2.24, 2.45) is 0 Å². The van der Waals surface area contributed by atoms with E-state index in [0.29, 0.717) is 0 Å². The second-order valence-electron chi connectivity index (χ2n) is 6.13. The highest BCUT2D eigenvalue weighted by Gasteiger charge is 2.04. The van der Waals surface area contributed by atoms with E-state index >= 15 is 0 Å². The molecule has 0 spiro atoms. The molecule has 1 N–H and O–H groups in total. The molecule has 3 aromatic carbocycles. The monoisotopic (exact) mass is 339 g/mol. The van der Waals surface area contributed by atoms with E-state index in [-0.39, 0.29) is 5.75 Å². The van der Waals surface area contributed by atoms with E-state index in [0.717, 1.165) is 24.2 Å². The summed E-state index contributed by atoms with van der Waals surface area (Å²) in [7, 11) is -2.98. The molecule has 0 aliphatic carbocycles. The Morgan fingerprint density at radius 3 is 2.21 bits per heavy atom. The van der Waals surface area contributed by atoms with Gasteiger partial charge in [0.05, 0.1) is 5.75 Å². The number of nitrogens with one attached hydrogen (secondary N) is 1. The average molecular weight is 339 g/mol. The van der Waals surface area contributed by atoms with Crippen LogP contribution in [0.5, 0.6) is 0 Å². The molecule has 0 heterocycles. The summed E-state index contributed by atoms with van der Waals surface area (Å²) in [6, 6.07) is 22.5. The first kappa shape index (κ1) is 16.7. The van der Waals surface area contributed by atoms with Crippen molar-refractivity contribution in [3.05, 3.63) is 83.4 Å². The van der Waals surface area contributed by atoms with Gasteiger partial charge in [-0.15, -0.1) is 0 Å². The molecular formula is C20H21NO2S. The van der Waals surface area contributed by atoms with Crippen LogP contribution in [0.4, 0.5) is 0 Å². The van der Waals surface area contributed by atoms with E-state index in [2.05, 4.69) is 47.8 Å². The van der Waals surface area contributed by atoms with Gasteiger partial charge < -0.3 is 5.32 Å². The van der Waals surface area contributed by atoms with Gasteiger partial charge in [0.2, 0.25) is 0 Å². The molecular weight excluding hydrogens is 318 g/mol. The Bertz CT molecular complexity index is 926. The standard InChI is InChI=1S/C20H21NO2S/c1-24(22,23)15-17-11-9-16(10-12-17)13-21-14-19-7-4-6-18-5-2-3-8-20(18)19/h2-12,21H,13-15H2,1H3. The minimum atomic E-state index is -2.98. The molecule has 0 atom stereocenters. The van der Waals surface area contributed by atoms with E-state index in [1.54, 1.807) is 0 Å². The summed E-state index contributed by atoms with van der Waals surface area (Å²) in [5, 5.41) is 5.99. The molecule has 3 nitrogen and oxygen atoms in total. The second kappa shape index (κ2) is 7.16. The van der Waals surface area contributed by atoms with Gasteiger partial charge in [-0.25, -0.2) is 8.42 Å². The van der Waals surface area contributed by atoms with Crippen molar-refractivity contribution in [3.8, 4) is 0 Å². The highest BCUT2D eigenvalue weighted by atomic mass is 32.2. The first-order valence-electron chi connectivity index (χ1n) is 7.94. The average Bonchev–Trinajstić information content (AvgIpc) is 2.55. The van der Waals surface area contributed by atoms with E-state index in [1.807, 2.05) is 24.3 Å². The van der Waals surface area contributed by atoms with Crippen LogP contribution < -0.4 is 5.32 Å². The van der Waals surface area contributed by atoms with Gasteiger partial charge >= 0.3 is 0 Å². The van der Waals surface area contributed by atoms with Gasteiger partial charge in [-0.05, 0) is 27.5 Å². The summed E-state index contributed by atoms with van der Waals surface area (Å²) in [6.45, 7) is 1.55. The van der Waals surface area contributed by atoms with Crippen LogP contribution in [0.1, 0.15) is 16.7 Å². The second-order valence-corrected chi connectivity index (χ2v) is 8.27. The highest BCUT2D eigenvalue weighted by Crippen LogP contribution is 2.18. The largest absolute Gasteiger partial charge is 0.309 e. The van der Waals surface area contributed by atoms with Crippen molar-refractivity contribution >= 4 is 20.6 Å². The van der Waals surface area contributed by atoms with E-state index in [4.69, 9.17) is 0 Å². The number of hydrogen-bond acceptors (Lipinski definition) is 3. The Labute approximate surface area is 143 Å². The molecule has 0 aliphatic rings. The highest BCUT2D eigenvalue weighted by molar-refractivity contribution is 7.89. The van der Waals surface area contributed by atoms with Gasteiger partial charge in [-0.1, -0.05) is 66.7 Å². The molecule has 24 heavy (non-hydrogen) atoms. The fraction of sp³-hybridized carbons (Fsp3) is 0.200. The lowest BCUT2D eigenvalue weighted by molar-refractivity contribution is 0.601. The Balaban J connectivity index is 1.62. The smallest absolute Gasteiger partial charge is 0.151 e. The molecule has 0 aliphatic heterocycles. The van der Waals surface area contributed by atoms with Crippen molar-refractivity contribution in [3.63, 3.8) is 0 Å². The third-order valence-electron chi connectivity index (χ3n) is 3.98. The van der Waals surface area contributed by atoms with E-state index in [9.17, 15) is 8.42 Å². The van der Waals surface area contributed by atoms with Gasteiger partial charge in [0.1, 0.15) is 0 Å². The molecule has 0 bridgehead atoms. The normalized spacial score (nSPS) is 11.7. The maximum absolute atomic E-state index is 11.3. The van der Waals surface area contributed by atoms with Crippen molar-refractivity contribution < 1.29 is 8.42 Å². The van der Waals surface area contributed by atoms with Gasteiger partial charge in [0.25, 0.3) is 0 Å². The SMILES string of the molecule is CS(=O)(=O)Cc1ccc(CNCc2cccc3ccccc23)cc1. The summed E-state index contributed by atoms with van der Waals surface area (Å²) < 4.78 is 22.6. The summed E-state index contributed by atoms with van der Waals surface area (Å²) in [5.74, 6) is 0.0940.